The van der Waals surface area contributed by atoms with Gasteiger partial charge < -0.3 is 40.5 Å². The van der Waals surface area contributed by atoms with Crippen molar-refractivity contribution in [3.63, 3.8) is 0 Å². The first-order valence-corrected chi connectivity index (χ1v) is 9.76. The number of hydrogen-bond donors (Lipinski definition) is 5. The molecule has 12 heteroatoms. The number of amides is 2. The van der Waals surface area contributed by atoms with Crippen molar-refractivity contribution in [1.29, 1.82) is 0 Å². The van der Waals surface area contributed by atoms with E-state index in [4.69, 9.17) is 9.39 Å². The molecule has 0 bridgehead atoms. The Morgan fingerprint density at radius 1 is 1.30 bits per heavy atom. The molecule has 11 nitrogen and oxygen atoms in total. The van der Waals surface area contributed by atoms with Gasteiger partial charge in [0.05, 0.1) is 18.8 Å². The summed E-state index contributed by atoms with van der Waals surface area (Å²) >= 11 is 0. The summed E-state index contributed by atoms with van der Waals surface area (Å²) in [6.45, 7) is 0.540. The molecule has 3 rings (SSSR count). The summed E-state index contributed by atoms with van der Waals surface area (Å²) in [7, 11) is 0. The van der Waals surface area contributed by atoms with Crippen LogP contribution in [0.5, 0.6) is 11.5 Å². The molecule has 0 aromatic heterocycles. The molecule has 1 fully saturated rings. The van der Waals surface area contributed by atoms with Gasteiger partial charge in [0, 0.05) is 0 Å². The lowest BCUT2D eigenvalue weighted by Crippen LogP contribution is -2.68. The van der Waals surface area contributed by atoms with Crippen LogP contribution in [-0.2, 0) is 16.0 Å². The first-order valence-electron chi connectivity index (χ1n) is 9.76. The van der Waals surface area contributed by atoms with Crippen LogP contribution in [0.15, 0.2) is 12.1 Å². The number of quaternary nitrogens is 1. The van der Waals surface area contributed by atoms with Gasteiger partial charge in [-0.05, 0) is 31.9 Å². The van der Waals surface area contributed by atoms with E-state index in [0.29, 0.717) is 5.56 Å². The number of carbonyl (C=O) groups is 3. The minimum atomic E-state index is -3.12. The van der Waals surface area contributed by atoms with Crippen molar-refractivity contribution >= 4 is 24.5 Å². The zero-order valence-electron chi connectivity index (χ0n) is 16.8. The normalized spacial score (nSPS) is 19.6. The van der Waals surface area contributed by atoms with E-state index in [1.165, 1.54) is 11.0 Å². The summed E-state index contributed by atoms with van der Waals surface area (Å²) in [5.41, 5.74) is 3.88. The smallest absolute Gasteiger partial charge is 0.430 e. The van der Waals surface area contributed by atoms with Crippen molar-refractivity contribution in [2.45, 2.75) is 44.8 Å². The lowest BCUT2D eigenvalue weighted by molar-refractivity contribution is -0.398. The molecule has 1 aromatic carbocycles. The fourth-order valence-corrected chi connectivity index (χ4v) is 3.39. The number of carboxylic acids is 1. The van der Waals surface area contributed by atoms with Gasteiger partial charge >= 0.3 is 12.7 Å². The Bertz CT molecular complexity index is 869. The molecule has 7 N–H and O–H groups in total. The zero-order chi connectivity index (χ0) is 22.2. The van der Waals surface area contributed by atoms with Gasteiger partial charge in [0.2, 0.25) is 5.91 Å². The minimum absolute atomic E-state index is 0.0203. The number of nitrogens with zero attached hydrogens (tertiary/aromatic N) is 1. The number of aromatic carboxylic acids is 1. The molecular formula is C18H26BN3O8. The predicted molar refractivity (Wildman–Crippen MR) is 104 cm³/mol. The number of ether oxygens (including phenoxy) is 1. The lowest BCUT2D eigenvalue weighted by atomic mass is 9.70. The average molecular weight is 423 g/mol. The number of aryl methyl sites for hydroxylation is 1. The van der Waals surface area contributed by atoms with Crippen LogP contribution in [0.3, 0.4) is 0 Å². The Hall–Kier alpha value is -2.83. The van der Waals surface area contributed by atoms with Crippen LogP contribution in [0.2, 0.25) is 6.32 Å². The van der Waals surface area contributed by atoms with Crippen LogP contribution < -0.4 is 20.4 Å². The van der Waals surface area contributed by atoms with Crippen molar-refractivity contribution in [3.8, 4) is 11.5 Å². The van der Waals surface area contributed by atoms with E-state index in [-0.39, 0.29) is 54.7 Å². The van der Waals surface area contributed by atoms with E-state index in [2.05, 4.69) is 11.1 Å². The fraction of sp³-hybridized carbons (Fsp3) is 0.500. The van der Waals surface area contributed by atoms with Crippen LogP contribution >= 0.6 is 0 Å². The Morgan fingerprint density at radius 3 is 2.57 bits per heavy atom. The van der Waals surface area contributed by atoms with E-state index in [0.717, 1.165) is 0 Å². The van der Waals surface area contributed by atoms with E-state index in [9.17, 15) is 29.5 Å². The largest absolute Gasteiger partial charge is 0.669 e. The van der Waals surface area contributed by atoms with Crippen molar-refractivity contribution in [3.05, 3.63) is 23.3 Å². The first kappa shape index (κ1) is 21.9. The number of rotatable bonds is 6. The number of fused-ring (bicyclic) bond motifs is 1. The third-order valence-electron chi connectivity index (χ3n) is 5.14. The molecule has 30 heavy (non-hydrogen) atoms. The summed E-state index contributed by atoms with van der Waals surface area (Å²) in [6.07, 6.45) is -0.195. The standard InChI is InChI=1S/C18H25BN3O8/c1-9(20)16(23)21-10(2)17(24)22-7-12(8-22)29-13-4-3-11-5-6-19(27,28)30-15(11)14(13)18(25)26/h3-4,9-10,12,27-28H,5-8,20H2,1-2H3,(H,21,23)(H,25,26)/q-1/p+1/t9-,10-/m1/s1. The van der Waals surface area contributed by atoms with Gasteiger partial charge in [-0.1, -0.05) is 12.4 Å². The predicted octanol–water partition coefficient (Wildman–Crippen LogP) is -2.03. The number of carboxylic acid groups (broad SMARTS) is 1. The summed E-state index contributed by atoms with van der Waals surface area (Å²) in [4.78, 5) is 37.4. The molecule has 1 aromatic rings. The second kappa shape index (κ2) is 8.13. The highest BCUT2D eigenvalue weighted by atomic mass is 16.6. The van der Waals surface area contributed by atoms with Crippen LogP contribution in [0, 0.1) is 0 Å². The van der Waals surface area contributed by atoms with Crippen LogP contribution in [0.4, 0.5) is 0 Å². The van der Waals surface area contributed by atoms with Gasteiger partial charge in [-0.25, -0.2) is 4.79 Å². The second-order valence-corrected chi connectivity index (χ2v) is 7.86. The zero-order valence-corrected chi connectivity index (χ0v) is 16.8. The first-order chi connectivity index (χ1) is 14.0. The molecular weight excluding hydrogens is 397 g/mol. The van der Waals surface area contributed by atoms with Gasteiger partial charge in [0.1, 0.15) is 23.5 Å². The molecule has 164 valence electrons. The van der Waals surface area contributed by atoms with E-state index in [1.54, 1.807) is 19.9 Å². The molecule has 0 aliphatic carbocycles. The quantitative estimate of drug-likeness (QED) is 0.326. The van der Waals surface area contributed by atoms with Crippen molar-refractivity contribution in [2.24, 2.45) is 0 Å². The molecule has 0 saturated carbocycles. The maximum Gasteiger partial charge on any atom is 0.430 e. The number of likely N-dealkylation sites (tertiary alicyclic amines) is 1. The van der Waals surface area contributed by atoms with Crippen molar-refractivity contribution in [1.82, 2.24) is 10.2 Å². The molecule has 1 saturated heterocycles. The monoisotopic (exact) mass is 423 g/mol. The summed E-state index contributed by atoms with van der Waals surface area (Å²) in [6, 6.07) is 1.94. The van der Waals surface area contributed by atoms with E-state index >= 15 is 0 Å². The van der Waals surface area contributed by atoms with Gasteiger partial charge in [-0.3, -0.25) is 9.59 Å². The Balaban J connectivity index is 1.66. The van der Waals surface area contributed by atoms with Gasteiger partial charge in [0.25, 0.3) is 5.91 Å². The molecule has 0 radical (unpaired) electrons. The Morgan fingerprint density at radius 2 is 1.97 bits per heavy atom. The number of nitrogens with one attached hydrogen (secondary N) is 1. The highest BCUT2D eigenvalue weighted by Crippen LogP contribution is 2.38. The maximum atomic E-state index is 12.4. The molecule has 2 heterocycles. The second-order valence-electron chi connectivity index (χ2n) is 7.86. The Labute approximate surface area is 172 Å². The molecule has 0 spiro atoms. The summed E-state index contributed by atoms with van der Waals surface area (Å²) in [5, 5.41) is 31.8. The highest BCUT2D eigenvalue weighted by Gasteiger charge is 2.37. The van der Waals surface area contributed by atoms with Crippen molar-refractivity contribution in [2.75, 3.05) is 13.1 Å². The van der Waals surface area contributed by atoms with Crippen molar-refractivity contribution < 1.29 is 44.7 Å². The molecule has 2 aliphatic rings. The summed E-state index contributed by atoms with van der Waals surface area (Å²) in [5.74, 6) is -2.00. The van der Waals surface area contributed by atoms with E-state index in [1.807, 2.05) is 0 Å². The number of hydrogen-bond acceptors (Lipinski definition) is 7. The maximum absolute atomic E-state index is 12.4. The molecule has 2 amide bonds. The Kier molecular flexibility index (Phi) is 5.93. The molecule has 2 aliphatic heterocycles. The molecule has 2 atom stereocenters. The van der Waals surface area contributed by atoms with Gasteiger partial charge in [-0.2, -0.15) is 0 Å². The number of carbonyl (C=O) groups excluding carboxylic acids is 2. The fourth-order valence-electron chi connectivity index (χ4n) is 3.39. The average Bonchev–Trinajstić information content (AvgIpc) is 2.61. The third kappa shape index (κ3) is 4.50. The molecule has 0 unspecified atom stereocenters. The highest BCUT2D eigenvalue weighted by molar-refractivity contribution is 6.59. The summed E-state index contributed by atoms with van der Waals surface area (Å²) < 4.78 is 10.9. The van der Waals surface area contributed by atoms with Crippen LogP contribution in [-0.4, -0.2) is 75.9 Å². The van der Waals surface area contributed by atoms with Gasteiger partial charge in [-0.15, -0.1) is 0 Å². The third-order valence-corrected chi connectivity index (χ3v) is 5.14. The lowest BCUT2D eigenvalue weighted by Gasteiger charge is -2.41. The van der Waals surface area contributed by atoms with Crippen LogP contribution in [0.1, 0.15) is 29.8 Å². The van der Waals surface area contributed by atoms with Gasteiger partial charge in [0.15, 0.2) is 6.04 Å². The topological polar surface area (TPSA) is 173 Å². The van der Waals surface area contributed by atoms with E-state index < -0.39 is 30.9 Å². The van der Waals surface area contributed by atoms with Crippen LogP contribution in [0.25, 0.3) is 0 Å². The SMILES string of the molecule is C[C@@H]([NH3+])C(=O)N[C@H](C)C(=O)N1CC(Oc2ccc3c(c2C(=O)O)O[B-](O)(O)CC3)C1. The number of benzene rings is 1. The minimum Gasteiger partial charge on any atom is -0.669 e.